The molecule has 0 saturated carbocycles. The Labute approximate surface area is 157 Å². The standard InChI is InChI=1S/C21H32N2O3/c1-15(13-16-9-10-19(25-3)20(14-16)26-4)21(24)23-12-6-8-18(23)17-7-5-11-22(17)2/h9-10,14-15,17-18H,5-8,11-13H2,1-4H3. The zero-order valence-electron chi connectivity index (χ0n) is 16.5. The van der Waals surface area contributed by atoms with E-state index < -0.39 is 0 Å². The lowest BCUT2D eigenvalue weighted by Crippen LogP contribution is -2.48. The van der Waals surface area contributed by atoms with Crippen molar-refractivity contribution in [2.45, 2.75) is 51.1 Å². The number of ether oxygens (including phenoxy) is 2. The number of nitrogens with zero attached hydrogens (tertiary/aromatic N) is 2. The van der Waals surface area contributed by atoms with Crippen molar-refractivity contribution >= 4 is 5.91 Å². The summed E-state index contributed by atoms with van der Waals surface area (Å²) in [5, 5.41) is 0. The van der Waals surface area contributed by atoms with Crippen molar-refractivity contribution in [2.24, 2.45) is 5.92 Å². The summed E-state index contributed by atoms with van der Waals surface area (Å²) in [4.78, 5) is 17.8. The number of rotatable bonds is 6. The first kappa shape index (κ1) is 19.0. The Kier molecular flexibility index (Phi) is 6.07. The molecule has 5 nitrogen and oxygen atoms in total. The van der Waals surface area contributed by atoms with Crippen molar-refractivity contribution in [1.29, 1.82) is 0 Å². The molecule has 26 heavy (non-hydrogen) atoms. The Morgan fingerprint density at radius 2 is 1.81 bits per heavy atom. The summed E-state index contributed by atoms with van der Waals surface area (Å²) in [5.74, 6) is 1.71. The smallest absolute Gasteiger partial charge is 0.226 e. The monoisotopic (exact) mass is 360 g/mol. The van der Waals surface area contributed by atoms with Gasteiger partial charge in [-0.25, -0.2) is 0 Å². The largest absolute Gasteiger partial charge is 0.493 e. The summed E-state index contributed by atoms with van der Waals surface area (Å²) in [6.07, 6.45) is 5.46. The third kappa shape index (κ3) is 3.83. The molecular formula is C21H32N2O3. The van der Waals surface area contributed by atoms with E-state index in [1.807, 2.05) is 25.1 Å². The van der Waals surface area contributed by atoms with Gasteiger partial charge in [0.05, 0.1) is 14.2 Å². The maximum absolute atomic E-state index is 13.2. The van der Waals surface area contributed by atoms with Crippen LogP contribution >= 0.6 is 0 Å². The SMILES string of the molecule is COc1ccc(CC(C)C(=O)N2CCCC2C2CCCN2C)cc1OC. The second kappa shape index (κ2) is 8.30. The lowest BCUT2D eigenvalue weighted by atomic mass is 9.97. The summed E-state index contributed by atoms with van der Waals surface area (Å²) < 4.78 is 10.7. The summed E-state index contributed by atoms with van der Waals surface area (Å²) in [5.41, 5.74) is 1.11. The van der Waals surface area contributed by atoms with Crippen LogP contribution in [0.25, 0.3) is 0 Å². The van der Waals surface area contributed by atoms with Crippen molar-refractivity contribution in [3.8, 4) is 11.5 Å². The molecule has 0 N–H and O–H groups in total. The van der Waals surface area contributed by atoms with Gasteiger partial charge in [-0.1, -0.05) is 13.0 Å². The Bertz CT molecular complexity index is 634. The third-order valence-corrected chi connectivity index (χ3v) is 6.01. The molecule has 144 valence electrons. The van der Waals surface area contributed by atoms with Crippen molar-refractivity contribution in [3.63, 3.8) is 0 Å². The van der Waals surface area contributed by atoms with Gasteiger partial charge in [0, 0.05) is 24.5 Å². The lowest BCUT2D eigenvalue weighted by Gasteiger charge is -2.34. The van der Waals surface area contributed by atoms with Gasteiger partial charge < -0.3 is 19.3 Å². The number of methoxy groups -OCH3 is 2. The Morgan fingerprint density at radius 1 is 1.12 bits per heavy atom. The Hall–Kier alpha value is -1.75. The number of carbonyl (C=O) groups is 1. The van der Waals surface area contributed by atoms with Gasteiger partial charge in [0.1, 0.15) is 0 Å². The fourth-order valence-electron chi connectivity index (χ4n) is 4.62. The van der Waals surface area contributed by atoms with Gasteiger partial charge >= 0.3 is 0 Å². The normalized spacial score (nSPS) is 24.7. The van der Waals surface area contributed by atoms with Gasteiger partial charge in [0.25, 0.3) is 0 Å². The highest BCUT2D eigenvalue weighted by Gasteiger charge is 2.39. The molecule has 2 aliphatic rings. The van der Waals surface area contributed by atoms with E-state index >= 15 is 0 Å². The number of hydrogen-bond acceptors (Lipinski definition) is 4. The molecule has 5 heteroatoms. The van der Waals surface area contributed by atoms with E-state index in [0.717, 1.165) is 49.4 Å². The van der Waals surface area contributed by atoms with Gasteiger partial charge in [0.15, 0.2) is 11.5 Å². The quantitative estimate of drug-likeness (QED) is 0.782. The predicted molar refractivity (Wildman–Crippen MR) is 103 cm³/mol. The number of carbonyl (C=O) groups excluding carboxylic acids is 1. The van der Waals surface area contributed by atoms with E-state index in [1.165, 1.54) is 12.8 Å². The zero-order valence-corrected chi connectivity index (χ0v) is 16.5. The molecule has 0 aromatic heterocycles. The lowest BCUT2D eigenvalue weighted by molar-refractivity contribution is -0.136. The molecule has 0 bridgehead atoms. The molecule has 3 atom stereocenters. The maximum Gasteiger partial charge on any atom is 0.226 e. The fraction of sp³-hybridized carbons (Fsp3) is 0.667. The van der Waals surface area contributed by atoms with E-state index in [9.17, 15) is 4.79 Å². The second-order valence-electron chi connectivity index (χ2n) is 7.73. The van der Waals surface area contributed by atoms with Crippen LogP contribution in [-0.2, 0) is 11.2 Å². The Morgan fingerprint density at radius 3 is 2.46 bits per heavy atom. The van der Waals surface area contributed by atoms with Gasteiger partial charge in [-0.3, -0.25) is 4.79 Å². The fourth-order valence-corrected chi connectivity index (χ4v) is 4.62. The first-order valence-electron chi connectivity index (χ1n) is 9.76. The molecule has 1 aromatic carbocycles. The zero-order chi connectivity index (χ0) is 18.7. The summed E-state index contributed by atoms with van der Waals surface area (Å²) in [6.45, 7) is 4.11. The van der Waals surface area contributed by atoms with Gasteiger partial charge in [-0.2, -0.15) is 0 Å². The van der Waals surface area contributed by atoms with Crippen LogP contribution in [-0.4, -0.2) is 62.1 Å². The highest BCUT2D eigenvalue weighted by atomic mass is 16.5. The van der Waals surface area contributed by atoms with Gasteiger partial charge in [-0.15, -0.1) is 0 Å². The van der Waals surface area contributed by atoms with Crippen LogP contribution in [0.3, 0.4) is 0 Å². The molecule has 1 aromatic rings. The van der Waals surface area contributed by atoms with Crippen LogP contribution in [0.15, 0.2) is 18.2 Å². The number of benzene rings is 1. The molecule has 1 amide bonds. The second-order valence-corrected chi connectivity index (χ2v) is 7.73. The van der Waals surface area contributed by atoms with Crippen LogP contribution in [0.2, 0.25) is 0 Å². The van der Waals surface area contributed by atoms with Crippen molar-refractivity contribution in [1.82, 2.24) is 9.80 Å². The Balaban J connectivity index is 1.67. The molecule has 2 aliphatic heterocycles. The van der Waals surface area contributed by atoms with Crippen LogP contribution in [0.5, 0.6) is 11.5 Å². The number of hydrogen-bond donors (Lipinski definition) is 0. The van der Waals surface area contributed by atoms with E-state index in [2.05, 4.69) is 16.8 Å². The molecule has 3 unspecified atom stereocenters. The topological polar surface area (TPSA) is 42.0 Å². The molecule has 3 rings (SSSR count). The molecule has 2 saturated heterocycles. The molecule has 0 aliphatic carbocycles. The van der Waals surface area contributed by atoms with Crippen molar-refractivity contribution < 1.29 is 14.3 Å². The highest BCUT2D eigenvalue weighted by molar-refractivity contribution is 5.79. The van der Waals surface area contributed by atoms with Gasteiger partial charge in [0.2, 0.25) is 5.91 Å². The van der Waals surface area contributed by atoms with Crippen LogP contribution < -0.4 is 9.47 Å². The van der Waals surface area contributed by atoms with E-state index in [-0.39, 0.29) is 5.92 Å². The average Bonchev–Trinajstić information content (AvgIpc) is 3.29. The molecule has 2 fully saturated rings. The van der Waals surface area contributed by atoms with E-state index in [4.69, 9.17) is 9.47 Å². The predicted octanol–water partition coefficient (Wildman–Crippen LogP) is 2.97. The summed E-state index contributed by atoms with van der Waals surface area (Å²) in [7, 11) is 5.48. The van der Waals surface area contributed by atoms with Crippen LogP contribution in [0.1, 0.15) is 38.2 Å². The molecule has 0 radical (unpaired) electrons. The van der Waals surface area contributed by atoms with Crippen LogP contribution in [0, 0.1) is 5.92 Å². The highest BCUT2D eigenvalue weighted by Crippen LogP contribution is 2.32. The van der Waals surface area contributed by atoms with E-state index in [1.54, 1.807) is 14.2 Å². The first-order chi connectivity index (χ1) is 12.5. The average molecular weight is 360 g/mol. The third-order valence-electron chi connectivity index (χ3n) is 6.01. The van der Waals surface area contributed by atoms with Crippen LogP contribution in [0.4, 0.5) is 0 Å². The number of amides is 1. The van der Waals surface area contributed by atoms with Crippen molar-refractivity contribution in [2.75, 3.05) is 34.4 Å². The maximum atomic E-state index is 13.2. The minimum absolute atomic E-state index is 0.0274. The number of likely N-dealkylation sites (N-methyl/N-ethyl adjacent to an activating group) is 1. The van der Waals surface area contributed by atoms with E-state index in [0.29, 0.717) is 18.0 Å². The molecule has 2 heterocycles. The number of likely N-dealkylation sites (tertiary alicyclic amines) is 2. The first-order valence-corrected chi connectivity index (χ1v) is 9.76. The minimum atomic E-state index is -0.0274. The van der Waals surface area contributed by atoms with Crippen molar-refractivity contribution in [3.05, 3.63) is 23.8 Å². The molecular weight excluding hydrogens is 328 g/mol. The molecule has 0 spiro atoms. The summed E-state index contributed by atoms with van der Waals surface area (Å²) >= 11 is 0. The van der Waals surface area contributed by atoms with Gasteiger partial charge in [-0.05, 0) is 63.4 Å². The minimum Gasteiger partial charge on any atom is -0.493 e. The summed E-state index contributed by atoms with van der Waals surface area (Å²) in [6, 6.07) is 6.85.